The Balaban J connectivity index is 0.757. The number of piperidine rings is 1. The number of amides is 3. The molecule has 7 heterocycles. The van der Waals surface area contributed by atoms with Gasteiger partial charge in [0.1, 0.15) is 34.7 Å². The Hall–Kier alpha value is -7.30. The maximum Gasteiger partial charge on any atom is 0.256 e. The summed E-state index contributed by atoms with van der Waals surface area (Å²) in [6, 6.07) is 17.9. The van der Waals surface area contributed by atoms with E-state index in [2.05, 4.69) is 31.6 Å². The van der Waals surface area contributed by atoms with Crippen LogP contribution in [0.4, 0.5) is 26.0 Å². The molecule has 2 aromatic carbocycles. The number of ether oxygens (including phenoxy) is 1. The van der Waals surface area contributed by atoms with Crippen molar-refractivity contribution in [3.8, 4) is 28.6 Å². The number of carbonyl (C=O) groups is 3. The van der Waals surface area contributed by atoms with Gasteiger partial charge in [-0.1, -0.05) is 30.3 Å². The molecule has 3 amide bonds. The molecule has 4 aliphatic rings. The van der Waals surface area contributed by atoms with Gasteiger partial charge in [0.15, 0.2) is 17.7 Å². The molecule has 4 fully saturated rings. The summed E-state index contributed by atoms with van der Waals surface area (Å²) in [6.45, 7) is 4.61. The molecule has 1 aliphatic carbocycles. The van der Waals surface area contributed by atoms with Crippen LogP contribution in [-0.2, 0) is 19.1 Å². The minimum Gasteiger partial charge on any atom is -0.373 e. The van der Waals surface area contributed by atoms with E-state index in [1.54, 1.807) is 28.9 Å². The van der Waals surface area contributed by atoms with Gasteiger partial charge in [-0.25, -0.2) is 23.3 Å². The zero-order chi connectivity index (χ0) is 46.9. The van der Waals surface area contributed by atoms with Crippen molar-refractivity contribution < 1.29 is 27.9 Å². The van der Waals surface area contributed by atoms with Gasteiger partial charge < -0.3 is 24.8 Å². The molecule has 3 saturated heterocycles. The predicted octanol–water partition coefficient (Wildman–Crippen LogP) is 5.36. The van der Waals surface area contributed by atoms with E-state index in [1.165, 1.54) is 12.1 Å². The number of carbonyl (C=O) groups excluding carboxylic acids is 3. The van der Waals surface area contributed by atoms with Crippen LogP contribution >= 0.6 is 0 Å². The molecule has 19 heteroatoms. The van der Waals surface area contributed by atoms with Gasteiger partial charge in [-0.05, 0) is 61.9 Å². The third kappa shape index (κ3) is 8.96. The van der Waals surface area contributed by atoms with Crippen LogP contribution in [-0.4, -0.2) is 128 Å². The molecular formula is C49H51F2N13O4. The number of nitriles is 1. The molecule has 2 N–H and O–H groups in total. The van der Waals surface area contributed by atoms with Crippen molar-refractivity contribution in [3.63, 3.8) is 0 Å². The standard InChI is InChI=1S/C49H51F2N13O4/c1-68-47(31-5-3-2-4-6-31)49(67)62-21-17-60(18-22-62)42-13-7-32(26-53-42)44-45-33(25-52)27-55-64(45)30-41(57-44)34-28-54-63(29-34)37-10-8-36(9-11-37)59-15-19-61(20-16-59)46-38(50)23-35(24-39(46)51)56-40-12-14-43(65)58-48(40)66/h2-7,13,23-24,26-30,36-37,40,47,56H,8-12,14-22H2,1H3,(H,58,65,66)/t36-,37+,40?,47-/m1/s1. The molecule has 68 heavy (non-hydrogen) atoms. The minimum atomic E-state index is -0.736. The number of hydrogen-bond acceptors (Lipinski definition) is 13. The van der Waals surface area contributed by atoms with Crippen LogP contribution in [0.2, 0.25) is 0 Å². The Morgan fingerprint density at radius 2 is 1.56 bits per heavy atom. The number of fused-ring (bicyclic) bond motifs is 1. The highest BCUT2D eigenvalue weighted by atomic mass is 19.1. The molecule has 0 radical (unpaired) electrons. The monoisotopic (exact) mass is 923 g/mol. The van der Waals surface area contributed by atoms with E-state index in [0.717, 1.165) is 48.2 Å². The molecule has 3 aliphatic heterocycles. The molecule has 350 valence electrons. The van der Waals surface area contributed by atoms with E-state index < -0.39 is 29.7 Å². The van der Waals surface area contributed by atoms with Gasteiger partial charge in [-0.15, -0.1) is 0 Å². The summed E-state index contributed by atoms with van der Waals surface area (Å²) in [6.07, 6.45) is 12.5. The number of rotatable bonds is 11. The first-order chi connectivity index (χ1) is 33.1. The summed E-state index contributed by atoms with van der Waals surface area (Å²) in [5.41, 5.74) is 4.69. The molecular weight excluding hydrogens is 873 g/mol. The van der Waals surface area contributed by atoms with Gasteiger partial charge in [0, 0.05) is 101 Å². The summed E-state index contributed by atoms with van der Waals surface area (Å²) in [7, 11) is 1.56. The Labute approximate surface area is 391 Å². The maximum atomic E-state index is 15.4. The highest BCUT2D eigenvalue weighted by Crippen LogP contribution is 2.35. The molecule has 0 spiro atoms. The van der Waals surface area contributed by atoms with E-state index in [9.17, 15) is 19.6 Å². The van der Waals surface area contributed by atoms with Gasteiger partial charge in [0.05, 0.1) is 36.0 Å². The molecule has 17 nitrogen and oxygen atoms in total. The SMILES string of the molecule is CO[C@@H](C(=O)N1CCN(c2ccc(-c3nc(-c4cnn([C@H]5CC[C@@H](N6CCN(c7c(F)cc(NC8CCC(=O)NC8=O)cc7F)CC6)CC5)c4)cn4ncc(C#N)c34)cn2)CC1)c1ccccc1. The Morgan fingerprint density at radius 1 is 0.838 bits per heavy atom. The zero-order valence-corrected chi connectivity index (χ0v) is 37.6. The average Bonchev–Trinajstić information content (AvgIpc) is 4.04. The van der Waals surface area contributed by atoms with Crippen molar-refractivity contribution in [3.05, 3.63) is 108 Å². The fraction of sp³-hybridized carbons (Fsp3) is 0.388. The molecule has 6 aromatic rings. The minimum absolute atomic E-state index is 0.0587. The number of hydrogen-bond donors (Lipinski definition) is 2. The highest BCUT2D eigenvalue weighted by molar-refractivity contribution is 6.01. The predicted molar refractivity (Wildman–Crippen MR) is 248 cm³/mol. The van der Waals surface area contributed by atoms with Crippen molar-refractivity contribution in [2.75, 3.05) is 74.6 Å². The van der Waals surface area contributed by atoms with Crippen LogP contribution in [0.15, 0.2) is 85.6 Å². The summed E-state index contributed by atoms with van der Waals surface area (Å²) >= 11 is 0. The van der Waals surface area contributed by atoms with Gasteiger partial charge >= 0.3 is 0 Å². The molecule has 1 saturated carbocycles. The Bertz CT molecular complexity index is 2840. The fourth-order valence-corrected chi connectivity index (χ4v) is 10.1. The van der Waals surface area contributed by atoms with E-state index in [1.807, 2.05) is 70.6 Å². The summed E-state index contributed by atoms with van der Waals surface area (Å²) < 4.78 is 40.1. The smallest absolute Gasteiger partial charge is 0.256 e. The number of nitrogens with zero attached hydrogens (tertiary/aromatic N) is 11. The van der Waals surface area contributed by atoms with Gasteiger partial charge in [0.2, 0.25) is 11.8 Å². The highest BCUT2D eigenvalue weighted by Gasteiger charge is 2.33. The van der Waals surface area contributed by atoms with E-state index >= 15 is 8.78 Å². The lowest BCUT2D eigenvalue weighted by molar-refractivity contribution is -0.142. The maximum absolute atomic E-state index is 15.4. The lowest BCUT2D eigenvalue weighted by Crippen LogP contribution is -2.51. The normalized spacial score (nSPS) is 20.9. The Morgan fingerprint density at radius 3 is 2.24 bits per heavy atom. The Kier molecular flexibility index (Phi) is 12.5. The number of nitrogens with one attached hydrogen (secondary N) is 2. The second kappa shape index (κ2) is 19.1. The molecule has 1 unspecified atom stereocenters. The molecule has 2 atom stereocenters. The van der Waals surface area contributed by atoms with E-state index in [-0.39, 0.29) is 42.1 Å². The molecule has 10 rings (SSSR count). The fourth-order valence-electron chi connectivity index (χ4n) is 10.1. The van der Waals surface area contributed by atoms with Crippen LogP contribution in [0.1, 0.15) is 61.8 Å². The lowest BCUT2D eigenvalue weighted by Gasteiger charge is -2.42. The van der Waals surface area contributed by atoms with E-state index in [4.69, 9.17) is 19.8 Å². The van der Waals surface area contributed by atoms with Crippen LogP contribution in [0, 0.1) is 23.0 Å². The van der Waals surface area contributed by atoms with E-state index in [0.29, 0.717) is 80.9 Å². The topological polar surface area (TPSA) is 182 Å². The van der Waals surface area contributed by atoms with Crippen molar-refractivity contribution in [1.82, 2.24) is 44.5 Å². The zero-order valence-electron chi connectivity index (χ0n) is 37.6. The third-order valence-corrected chi connectivity index (χ3v) is 13.8. The largest absolute Gasteiger partial charge is 0.373 e. The first-order valence-corrected chi connectivity index (χ1v) is 23.1. The lowest BCUT2D eigenvalue weighted by atomic mass is 9.90. The second-order valence-corrected chi connectivity index (χ2v) is 17.8. The van der Waals surface area contributed by atoms with Crippen molar-refractivity contribution in [2.45, 2.75) is 62.8 Å². The number of benzene rings is 2. The van der Waals surface area contributed by atoms with Crippen LogP contribution < -0.4 is 20.4 Å². The summed E-state index contributed by atoms with van der Waals surface area (Å²) in [4.78, 5) is 55.1. The molecule has 0 bridgehead atoms. The first-order valence-electron chi connectivity index (χ1n) is 23.1. The van der Waals surface area contributed by atoms with Gasteiger partial charge in [0.25, 0.3) is 5.91 Å². The van der Waals surface area contributed by atoms with Crippen molar-refractivity contribution in [2.24, 2.45) is 0 Å². The van der Waals surface area contributed by atoms with Crippen LogP contribution in [0.25, 0.3) is 28.0 Å². The quantitative estimate of drug-likeness (QED) is 0.159. The first kappa shape index (κ1) is 44.5. The number of anilines is 3. The van der Waals surface area contributed by atoms with Gasteiger partial charge in [-0.2, -0.15) is 15.5 Å². The van der Waals surface area contributed by atoms with Crippen LogP contribution in [0.5, 0.6) is 0 Å². The summed E-state index contributed by atoms with van der Waals surface area (Å²) in [5, 5.41) is 24.4. The number of imide groups is 1. The second-order valence-electron chi connectivity index (χ2n) is 17.8. The van der Waals surface area contributed by atoms with Crippen LogP contribution in [0.3, 0.4) is 0 Å². The van der Waals surface area contributed by atoms with Crippen molar-refractivity contribution >= 4 is 40.4 Å². The number of pyridine rings is 1. The molecule has 4 aromatic heterocycles. The number of piperazine rings is 2. The number of aromatic nitrogens is 6. The van der Waals surface area contributed by atoms with Crippen molar-refractivity contribution in [1.29, 1.82) is 5.26 Å². The average molecular weight is 924 g/mol. The summed E-state index contributed by atoms with van der Waals surface area (Å²) in [5.74, 6) is -1.53. The third-order valence-electron chi connectivity index (χ3n) is 13.8. The van der Waals surface area contributed by atoms with Gasteiger partial charge in [-0.3, -0.25) is 29.3 Å². The number of halogens is 2. The number of methoxy groups -OCH3 is 1.